The second kappa shape index (κ2) is 6.01. The zero-order valence-corrected chi connectivity index (χ0v) is 14.3. The lowest BCUT2D eigenvalue weighted by Gasteiger charge is -2.11. The molecule has 0 spiro atoms. The molecule has 3 rings (SSSR count). The van der Waals surface area contributed by atoms with Crippen LogP contribution >= 0.6 is 15.9 Å². The van der Waals surface area contributed by atoms with Crippen molar-refractivity contribution in [3.05, 3.63) is 69.6 Å². The highest BCUT2D eigenvalue weighted by atomic mass is 79.9. The number of benzene rings is 2. The Morgan fingerprint density at radius 1 is 1.04 bits per heavy atom. The molecule has 1 heterocycles. The van der Waals surface area contributed by atoms with E-state index in [1.807, 2.05) is 38.1 Å². The van der Waals surface area contributed by atoms with Gasteiger partial charge in [0.05, 0.1) is 0 Å². The van der Waals surface area contributed by atoms with Gasteiger partial charge in [-0.2, -0.15) is 0 Å². The number of aromatic hydroxyl groups is 1. The van der Waals surface area contributed by atoms with E-state index in [1.165, 1.54) is 6.33 Å². The third-order valence-corrected chi connectivity index (χ3v) is 4.26. The van der Waals surface area contributed by atoms with Crippen molar-refractivity contribution in [3.8, 4) is 28.3 Å². The minimum absolute atomic E-state index is 0.243. The third kappa shape index (κ3) is 3.05. The molecule has 0 fully saturated rings. The number of aryl methyl sites for hydroxylation is 2. The normalized spacial score (nSPS) is 10.7. The van der Waals surface area contributed by atoms with E-state index < -0.39 is 0 Å². The van der Waals surface area contributed by atoms with Crippen molar-refractivity contribution < 1.29 is 9.84 Å². The fourth-order valence-electron chi connectivity index (χ4n) is 2.49. The zero-order valence-electron chi connectivity index (χ0n) is 12.7. The van der Waals surface area contributed by atoms with Crippen LogP contribution in [0.3, 0.4) is 0 Å². The molecule has 116 valence electrons. The Kier molecular flexibility index (Phi) is 4.05. The maximum Gasteiger partial charge on any atom is 0.290 e. The molecule has 0 atom stereocenters. The van der Waals surface area contributed by atoms with Gasteiger partial charge in [-0.15, -0.1) is 0 Å². The summed E-state index contributed by atoms with van der Waals surface area (Å²) in [4.78, 5) is 4.21. The maximum atomic E-state index is 12.2. The first-order chi connectivity index (χ1) is 11.0. The molecule has 1 aromatic heterocycles. The molecule has 0 saturated carbocycles. The van der Waals surface area contributed by atoms with Crippen LogP contribution in [-0.2, 0) is 0 Å². The fourth-order valence-corrected chi connectivity index (χ4v) is 2.97. The van der Waals surface area contributed by atoms with Gasteiger partial charge < -0.3 is 10.3 Å². The van der Waals surface area contributed by atoms with Gasteiger partial charge in [0.2, 0.25) is 0 Å². The van der Waals surface area contributed by atoms with Crippen LogP contribution in [0.2, 0.25) is 0 Å². The lowest BCUT2D eigenvalue weighted by atomic mass is 10.0. The van der Waals surface area contributed by atoms with Gasteiger partial charge in [0.25, 0.3) is 6.33 Å². The van der Waals surface area contributed by atoms with Crippen LogP contribution in [0.4, 0.5) is 0 Å². The summed E-state index contributed by atoms with van der Waals surface area (Å²) >= 11 is 3.43. The fraction of sp³-hybridized carbons (Fsp3) is 0.111. The van der Waals surface area contributed by atoms with Crippen molar-refractivity contribution in [2.24, 2.45) is 0 Å². The summed E-state index contributed by atoms with van der Waals surface area (Å²) in [6.07, 6.45) is 1.27. The van der Waals surface area contributed by atoms with Crippen molar-refractivity contribution in [2.45, 2.75) is 13.8 Å². The first kappa shape index (κ1) is 15.5. The first-order valence-electron chi connectivity index (χ1n) is 7.11. The summed E-state index contributed by atoms with van der Waals surface area (Å²) in [7, 11) is 0. The van der Waals surface area contributed by atoms with E-state index >= 15 is 0 Å². The molecule has 0 saturated heterocycles. The number of phenols is 1. The number of phenolic OH excluding ortho intramolecular Hbond substituents is 1. The standard InChI is InChI=1S/C18H15BrN2O2/c1-11-8-14(19)4-5-15(11)17-9-16(20-10-21(17)23)13-3-6-18(22)12(2)7-13/h3-10,22H,1-2H3. The van der Waals surface area contributed by atoms with E-state index in [-0.39, 0.29) is 5.75 Å². The predicted molar refractivity (Wildman–Crippen MR) is 92.9 cm³/mol. The smallest absolute Gasteiger partial charge is 0.290 e. The lowest BCUT2D eigenvalue weighted by molar-refractivity contribution is -0.597. The number of halogens is 1. The molecule has 2 aromatic carbocycles. The molecular formula is C18H15BrN2O2. The molecular weight excluding hydrogens is 356 g/mol. The minimum atomic E-state index is 0.243. The number of hydrogen-bond donors (Lipinski definition) is 1. The van der Waals surface area contributed by atoms with Gasteiger partial charge >= 0.3 is 0 Å². The van der Waals surface area contributed by atoms with Crippen LogP contribution < -0.4 is 4.73 Å². The summed E-state index contributed by atoms with van der Waals surface area (Å²) in [6.45, 7) is 3.79. The Labute approximate surface area is 142 Å². The van der Waals surface area contributed by atoms with Crippen molar-refractivity contribution in [3.63, 3.8) is 0 Å². The quantitative estimate of drug-likeness (QED) is 0.544. The van der Waals surface area contributed by atoms with E-state index in [1.54, 1.807) is 18.2 Å². The van der Waals surface area contributed by atoms with Gasteiger partial charge in [-0.25, -0.2) is 4.73 Å². The van der Waals surface area contributed by atoms with Crippen LogP contribution in [0.5, 0.6) is 5.75 Å². The summed E-state index contributed by atoms with van der Waals surface area (Å²) < 4.78 is 1.74. The summed E-state index contributed by atoms with van der Waals surface area (Å²) in [5.74, 6) is 0.243. The van der Waals surface area contributed by atoms with E-state index in [0.717, 1.165) is 31.5 Å². The van der Waals surface area contributed by atoms with Crippen LogP contribution in [0, 0.1) is 19.1 Å². The number of aromatic nitrogens is 2. The second-order valence-corrected chi connectivity index (χ2v) is 6.36. The highest BCUT2D eigenvalue weighted by Crippen LogP contribution is 2.28. The minimum Gasteiger partial charge on any atom is -0.710 e. The Hall–Kier alpha value is -2.40. The van der Waals surface area contributed by atoms with Gasteiger partial charge in [-0.3, -0.25) is 0 Å². The first-order valence-corrected chi connectivity index (χ1v) is 7.91. The van der Waals surface area contributed by atoms with Crippen LogP contribution in [0.1, 0.15) is 11.1 Å². The molecule has 5 heteroatoms. The van der Waals surface area contributed by atoms with E-state index in [0.29, 0.717) is 11.4 Å². The number of rotatable bonds is 2. The molecule has 23 heavy (non-hydrogen) atoms. The molecule has 0 aliphatic rings. The van der Waals surface area contributed by atoms with Crippen molar-refractivity contribution >= 4 is 15.9 Å². The average Bonchev–Trinajstić information content (AvgIpc) is 2.51. The topological polar surface area (TPSA) is 60.1 Å². The largest absolute Gasteiger partial charge is 0.710 e. The summed E-state index contributed by atoms with van der Waals surface area (Å²) in [5.41, 5.74) is 4.73. The highest BCUT2D eigenvalue weighted by molar-refractivity contribution is 9.10. The number of hydrogen-bond acceptors (Lipinski definition) is 3. The van der Waals surface area contributed by atoms with Gasteiger partial charge in [0.1, 0.15) is 11.4 Å². The summed E-state index contributed by atoms with van der Waals surface area (Å²) in [5, 5.41) is 21.8. The molecule has 4 nitrogen and oxygen atoms in total. The molecule has 0 unspecified atom stereocenters. The Morgan fingerprint density at radius 2 is 1.83 bits per heavy atom. The number of nitrogens with zero attached hydrogens (tertiary/aromatic N) is 2. The zero-order chi connectivity index (χ0) is 16.6. The van der Waals surface area contributed by atoms with Gasteiger partial charge in [-0.1, -0.05) is 15.9 Å². The molecule has 0 aliphatic heterocycles. The maximum absolute atomic E-state index is 12.2. The Balaban J connectivity index is 2.14. The van der Waals surface area contributed by atoms with E-state index in [9.17, 15) is 10.3 Å². The van der Waals surface area contributed by atoms with Crippen molar-refractivity contribution in [2.75, 3.05) is 0 Å². The van der Waals surface area contributed by atoms with E-state index in [2.05, 4.69) is 20.9 Å². The van der Waals surface area contributed by atoms with Gasteiger partial charge in [0, 0.05) is 21.7 Å². The van der Waals surface area contributed by atoms with Crippen molar-refractivity contribution in [1.82, 2.24) is 4.98 Å². The lowest BCUT2D eigenvalue weighted by Crippen LogP contribution is -2.29. The highest BCUT2D eigenvalue weighted by Gasteiger charge is 2.14. The van der Waals surface area contributed by atoms with Crippen LogP contribution in [0.25, 0.3) is 22.5 Å². The third-order valence-electron chi connectivity index (χ3n) is 3.77. The van der Waals surface area contributed by atoms with Gasteiger partial charge in [-0.05, 0) is 66.4 Å². The molecule has 0 radical (unpaired) electrons. The molecule has 0 bridgehead atoms. The van der Waals surface area contributed by atoms with Crippen molar-refractivity contribution in [1.29, 1.82) is 0 Å². The SMILES string of the molecule is Cc1cc(-c2cc(-c3ccc(Br)cc3C)[n+]([O-])cn2)ccc1O. The molecule has 1 N–H and O–H groups in total. The summed E-state index contributed by atoms with van der Waals surface area (Å²) in [6, 6.07) is 12.8. The molecule has 0 aliphatic carbocycles. The molecule has 3 aromatic rings. The molecule has 0 amide bonds. The van der Waals surface area contributed by atoms with E-state index in [4.69, 9.17) is 0 Å². The Bertz CT molecular complexity index is 894. The Morgan fingerprint density at radius 3 is 2.52 bits per heavy atom. The van der Waals surface area contributed by atoms with Crippen LogP contribution in [0.15, 0.2) is 53.3 Å². The average molecular weight is 371 g/mol. The predicted octanol–water partition coefficient (Wildman–Crippen LogP) is 4.13. The van der Waals surface area contributed by atoms with Gasteiger partial charge in [0.15, 0.2) is 5.69 Å². The second-order valence-electron chi connectivity index (χ2n) is 5.45. The van der Waals surface area contributed by atoms with Crippen LogP contribution in [-0.4, -0.2) is 10.1 Å². The monoisotopic (exact) mass is 370 g/mol.